The summed E-state index contributed by atoms with van der Waals surface area (Å²) in [6.07, 6.45) is 6.31. The van der Waals surface area contributed by atoms with Crippen molar-refractivity contribution in [3.63, 3.8) is 0 Å². The molecule has 0 aliphatic carbocycles. The normalized spacial score (nSPS) is 12.6. The van der Waals surface area contributed by atoms with Gasteiger partial charge in [-0.1, -0.05) is 66.6 Å². The summed E-state index contributed by atoms with van der Waals surface area (Å²) in [7, 11) is 4.08. The highest BCUT2D eigenvalue weighted by molar-refractivity contribution is 5.95. The van der Waals surface area contributed by atoms with Crippen LogP contribution in [0, 0.1) is 12.3 Å². The van der Waals surface area contributed by atoms with Gasteiger partial charge < -0.3 is 4.90 Å². The van der Waals surface area contributed by atoms with Crippen molar-refractivity contribution in [1.29, 1.82) is 0 Å². The minimum atomic E-state index is -0.724. The fraction of sp³-hybridized carbons (Fsp3) is 0.318. The van der Waals surface area contributed by atoms with Crippen molar-refractivity contribution in [1.82, 2.24) is 4.90 Å². The van der Waals surface area contributed by atoms with E-state index in [-0.39, 0.29) is 18.2 Å². The molecule has 2 nitrogen and oxygen atoms in total. The van der Waals surface area contributed by atoms with E-state index >= 15 is 0 Å². The smallest absolute Gasteiger partial charge is 0.159 e. The highest BCUT2D eigenvalue weighted by atomic mass is 16.1. The first-order valence-corrected chi connectivity index (χ1v) is 8.26. The second kappa shape index (κ2) is 7.95. The van der Waals surface area contributed by atoms with E-state index in [9.17, 15) is 4.79 Å². The Bertz CT molecular complexity index is 658. The first-order valence-electron chi connectivity index (χ1n) is 8.26. The van der Waals surface area contributed by atoms with Gasteiger partial charge in [0, 0.05) is 6.04 Å². The maximum absolute atomic E-state index is 13.3. The Balaban J connectivity index is 2.68. The number of Topliss-reactive ketones (excluding diaryl/α,β-unsaturated/α-hetero) is 1. The summed E-state index contributed by atoms with van der Waals surface area (Å²) in [6, 6.07) is 20.2. The third-order valence-corrected chi connectivity index (χ3v) is 4.75. The van der Waals surface area contributed by atoms with Gasteiger partial charge in [-0.3, -0.25) is 4.79 Å². The van der Waals surface area contributed by atoms with Crippen molar-refractivity contribution in [3.05, 3.63) is 71.8 Å². The highest BCUT2D eigenvalue weighted by Gasteiger charge is 2.42. The Morgan fingerprint density at radius 3 is 1.88 bits per heavy atom. The zero-order valence-electron chi connectivity index (χ0n) is 14.7. The first kappa shape index (κ1) is 18.0. The molecule has 0 saturated carbocycles. The molecule has 1 atom stereocenters. The summed E-state index contributed by atoms with van der Waals surface area (Å²) in [5.74, 6) is 2.63. The third-order valence-electron chi connectivity index (χ3n) is 4.75. The van der Waals surface area contributed by atoms with Crippen LogP contribution in [-0.4, -0.2) is 30.8 Å². The van der Waals surface area contributed by atoms with E-state index in [1.165, 1.54) is 0 Å². The lowest BCUT2D eigenvalue weighted by Crippen LogP contribution is -2.43. The van der Waals surface area contributed by atoms with Gasteiger partial charge in [-0.05, 0) is 38.6 Å². The summed E-state index contributed by atoms with van der Waals surface area (Å²) in [6.45, 7) is 2.14. The number of hydrogen-bond acceptors (Lipinski definition) is 2. The van der Waals surface area contributed by atoms with Crippen LogP contribution < -0.4 is 0 Å². The summed E-state index contributed by atoms with van der Waals surface area (Å²) in [5, 5.41) is 0. The van der Waals surface area contributed by atoms with Gasteiger partial charge in [-0.25, -0.2) is 0 Å². The lowest BCUT2D eigenvalue weighted by Gasteiger charge is -2.37. The van der Waals surface area contributed by atoms with Gasteiger partial charge in [0.05, 0.1) is 11.8 Å². The number of rotatable bonds is 7. The molecular formula is C22H25NO. The molecule has 124 valence electrons. The van der Waals surface area contributed by atoms with Gasteiger partial charge in [-0.15, -0.1) is 6.42 Å². The molecule has 0 bridgehead atoms. The summed E-state index contributed by atoms with van der Waals surface area (Å²) < 4.78 is 0. The second-order valence-corrected chi connectivity index (χ2v) is 6.46. The van der Waals surface area contributed by atoms with E-state index in [4.69, 9.17) is 6.42 Å². The number of benzene rings is 2. The van der Waals surface area contributed by atoms with E-state index in [1.54, 1.807) is 0 Å². The van der Waals surface area contributed by atoms with Gasteiger partial charge >= 0.3 is 0 Å². The quantitative estimate of drug-likeness (QED) is 0.721. The van der Waals surface area contributed by atoms with E-state index in [0.29, 0.717) is 6.42 Å². The molecule has 0 unspecified atom stereocenters. The summed E-state index contributed by atoms with van der Waals surface area (Å²) >= 11 is 0. The Labute approximate surface area is 145 Å². The standard InChI is InChI=1S/C22H25NO/c1-5-12-21(24)22(17-18(2)23(3)4,19-13-8-6-9-14-19)20-15-10-7-11-16-20/h1,6-11,13-16,18H,12,17H2,2-4H3/t18-/m0/s1. The molecule has 2 aromatic carbocycles. The van der Waals surface area contributed by atoms with Crippen LogP contribution in [-0.2, 0) is 10.2 Å². The van der Waals surface area contributed by atoms with Crippen molar-refractivity contribution in [2.75, 3.05) is 14.1 Å². The van der Waals surface area contributed by atoms with Crippen molar-refractivity contribution >= 4 is 5.78 Å². The molecular weight excluding hydrogens is 294 g/mol. The first-order chi connectivity index (χ1) is 11.5. The van der Waals surface area contributed by atoms with Crippen molar-refractivity contribution in [3.8, 4) is 12.3 Å². The van der Waals surface area contributed by atoms with E-state index < -0.39 is 5.41 Å². The molecule has 0 aromatic heterocycles. The van der Waals surface area contributed by atoms with Gasteiger partial charge in [0.1, 0.15) is 0 Å². The summed E-state index contributed by atoms with van der Waals surface area (Å²) in [4.78, 5) is 15.4. The number of nitrogens with zero attached hydrogens (tertiary/aromatic N) is 1. The van der Waals surface area contributed by atoms with Crippen LogP contribution in [0.15, 0.2) is 60.7 Å². The van der Waals surface area contributed by atoms with Gasteiger partial charge in [0.2, 0.25) is 0 Å². The number of carbonyl (C=O) groups excluding carboxylic acids is 1. The molecule has 2 rings (SSSR count). The molecule has 0 fully saturated rings. The molecule has 2 heteroatoms. The van der Waals surface area contributed by atoms with E-state index in [0.717, 1.165) is 11.1 Å². The zero-order valence-corrected chi connectivity index (χ0v) is 14.7. The van der Waals surface area contributed by atoms with Gasteiger partial charge in [-0.2, -0.15) is 0 Å². The SMILES string of the molecule is C#CCC(=O)C(C[C@H](C)N(C)C)(c1ccccc1)c1ccccc1. The average Bonchev–Trinajstić information content (AvgIpc) is 2.61. The largest absolute Gasteiger partial charge is 0.307 e. The number of ketones is 1. The molecule has 0 saturated heterocycles. The predicted molar refractivity (Wildman–Crippen MR) is 99.9 cm³/mol. The van der Waals surface area contributed by atoms with Crippen LogP contribution in [0.2, 0.25) is 0 Å². The van der Waals surface area contributed by atoms with Crippen LogP contribution >= 0.6 is 0 Å². The number of terminal acetylenes is 1. The fourth-order valence-corrected chi connectivity index (χ4v) is 3.15. The van der Waals surface area contributed by atoms with Crippen molar-refractivity contribution in [2.45, 2.75) is 31.2 Å². The average molecular weight is 319 g/mol. The van der Waals surface area contributed by atoms with E-state index in [1.807, 2.05) is 74.8 Å². The predicted octanol–water partition coefficient (Wildman–Crippen LogP) is 3.91. The molecule has 0 heterocycles. The topological polar surface area (TPSA) is 20.3 Å². The molecule has 0 radical (unpaired) electrons. The van der Waals surface area contributed by atoms with Crippen LogP contribution in [0.4, 0.5) is 0 Å². The fourth-order valence-electron chi connectivity index (χ4n) is 3.15. The Kier molecular flexibility index (Phi) is 5.95. The van der Waals surface area contributed by atoms with Crippen molar-refractivity contribution in [2.24, 2.45) is 0 Å². The molecule has 0 amide bonds. The summed E-state index contributed by atoms with van der Waals surface area (Å²) in [5.41, 5.74) is 1.29. The maximum Gasteiger partial charge on any atom is 0.159 e. The minimum Gasteiger partial charge on any atom is -0.307 e. The Hall–Kier alpha value is -2.37. The highest BCUT2D eigenvalue weighted by Crippen LogP contribution is 2.39. The molecule has 0 spiro atoms. The van der Waals surface area contributed by atoms with E-state index in [2.05, 4.69) is 17.7 Å². The lowest BCUT2D eigenvalue weighted by molar-refractivity contribution is -0.122. The molecule has 0 N–H and O–H groups in total. The lowest BCUT2D eigenvalue weighted by atomic mass is 9.67. The third kappa shape index (κ3) is 3.58. The van der Waals surface area contributed by atoms with Crippen LogP contribution in [0.5, 0.6) is 0 Å². The van der Waals surface area contributed by atoms with Crippen LogP contribution in [0.25, 0.3) is 0 Å². The molecule has 0 aliphatic heterocycles. The number of carbonyl (C=O) groups is 1. The molecule has 2 aromatic rings. The monoisotopic (exact) mass is 319 g/mol. The van der Waals surface area contributed by atoms with Gasteiger partial charge in [0.25, 0.3) is 0 Å². The van der Waals surface area contributed by atoms with Gasteiger partial charge in [0.15, 0.2) is 5.78 Å². The number of hydrogen-bond donors (Lipinski definition) is 0. The van der Waals surface area contributed by atoms with Crippen LogP contribution in [0.3, 0.4) is 0 Å². The van der Waals surface area contributed by atoms with Crippen LogP contribution in [0.1, 0.15) is 30.9 Å². The molecule has 0 aliphatic rings. The Morgan fingerprint density at radius 1 is 1.04 bits per heavy atom. The minimum absolute atomic E-state index is 0.0797. The molecule has 24 heavy (non-hydrogen) atoms. The van der Waals surface area contributed by atoms with Crippen molar-refractivity contribution < 1.29 is 4.79 Å². The maximum atomic E-state index is 13.3. The zero-order chi connectivity index (χ0) is 17.6. The second-order valence-electron chi connectivity index (χ2n) is 6.46. The Morgan fingerprint density at radius 2 is 1.50 bits per heavy atom.